The lowest BCUT2D eigenvalue weighted by Crippen LogP contribution is -2.11. The van der Waals surface area contributed by atoms with Gasteiger partial charge in [-0.1, -0.05) is 24.3 Å². The molecule has 94 valence electrons. The molecule has 4 nitrogen and oxygen atoms in total. The second-order valence-corrected chi connectivity index (χ2v) is 4.26. The van der Waals surface area contributed by atoms with Crippen molar-refractivity contribution in [3.8, 4) is 0 Å². The lowest BCUT2D eigenvalue weighted by molar-refractivity contribution is 0.111. The largest absolute Gasteiger partial charge is 0.328 e. The number of imidazole rings is 1. The number of para-hydroxylation sites is 1. The topological polar surface area (TPSA) is 37.6 Å². The van der Waals surface area contributed by atoms with Gasteiger partial charge >= 0.3 is 0 Å². The first-order valence-corrected chi connectivity index (χ1v) is 6.02. The number of benzene rings is 1. The summed E-state index contributed by atoms with van der Waals surface area (Å²) in [4.78, 5) is 17.8. The van der Waals surface area contributed by atoms with Crippen LogP contribution in [0.25, 0.3) is 5.65 Å². The number of hydrogen-bond donors (Lipinski definition) is 0. The van der Waals surface area contributed by atoms with Gasteiger partial charge in [-0.25, -0.2) is 4.98 Å². The van der Waals surface area contributed by atoms with Gasteiger partial charge in [0.15, 0.2) is 12.1 Å². The van der Waals surface area contributed by atoms with Crippen molar-refractivity contribution in [2.45, 2.75) is 0 Å². The number of hydrogen-bond acceptors (Lipinski definition) is 3. The van der Waals surface area contributed by atoms with Gasteiger partial charge in [-0.2, -0.15) is 0 Å². The molecule has 19 heavy (non-hydrogen) atoms. The number of carbonyl (C=O) groups is 1. The molecule has 2 aromatic heterocycles. The van der Waals surface area contributed by atoms with Crippen LogP contribution in [0.15, 0.2) is 54.7 Å². The van der Waals surface area contributed by atoms with E-state index in [0.29, 0.717) is 11.5 Å². The highest BCUT2D eigenvalue weighted by atomic mass is 16.1. The molecule has 3 aromatic rings. The summed E-state index contributed by atoms with van der Waals surface area (Å²) in [6.45, 7) is 0. The number of anilines is 2. The van der Waals surface area contributed by atoms with Gasteiger partial charge in [0.25, 0.3) is 0 Å². The van der Waals surface area contributed by atoms with E-state index < -0.39 is 0 Å². The summed E-state index contributed by atoms with van der Waals surface area (Å²) in [5.41, 5.74) is 2.32. The molecule has 0 radical (unpaired) electrons. The third kappa shape index (κ3) is 1.87. The first-order valence-electron chi connectivity index (χ1n) is 6.02. The van der Waals surface area contributed by atoms with Crippen LogP contribution in [0.5, 0.6) is 0 Å². The van der Waals surface area contributed by atoms with E-state index >= 15 is 0 Å². The maximum absolute atomic E-state index is 11.4. The Balaban J connectivity index is 2.17. The second kappa shape index (κ2) is 4.57. The van der Waals surface area contributed by atoms with Gasteiger partial charge in [0.05, 0.1) is 0 Å². The van der Waals surface area contributed by atoms with E-state index in [1.807, 2.05) is 66.7 Å². The van der Waals surface area contributed by atoms with Crippen LogP contribution >= 0.6 is 0 Å². The Kier molecular flexibility index (Phi) is 2.76. The van der Waals surface area contributed by atoms with Gasteiger partial charge in [-0.05, 0) is 24.3 Å². The van der Waals surface area contributed by atoms with Crippen LogP contribution in [0.4, 0.5) is 11.5 Å². The maximum Gasteiger partial charge on any atom is 0.170 e. The Morgan fingerprint density at radius 1 is 1.11 bits per heavy atom. The first kappa shape index (κ1) is 11.5. The molecule has 0 saturated heterocycles. The maximum atomic E-state index is 11.4. The van der Waals surface area contributed by atoms with Crippen molar-refractivity contribution in [1.29, 1.82) is 0 Å². The van der Waals surface area contributed by atoms with Crippen LogP contribution in [0.1, 0.15) is 10.5 Å². The van der Waals surface area contributed by atoms with Crippen LogP contribution in [-0.4, -0.2) is 22.7 Å². The Morgan fingerprint density at radius 3 is 2.58 bits per heavy atom. The molecule has 0 fully saturated rings. The third-order valence-corrected chi connectivity index (χ3v) is 3.12. The minimum atomic E-state index is 0.557. The summed E-state index contributed by atoms with van der Waals surface area (Å²) in [5, 5.41) is 0. The van der Waals surface area contributed by atoms with Crippen LogP contribution in [0.3, 0.4) is 0 Å². The fourth-order valence-electron chi connectivity index (χ4n) is 2.13. The fraction of sp³-hybridized carbons (Fsp3) is 0.0667. The molecule has 0 atom stereocenters. The summed E-state index contributed by atoms with van der Waals surface area (Å²) in [6.07, 6.45) is 2.68. The predicted octanol–water partition coefficient (Wildman–Crippen LogP) is 2.91. The molecule has 0 bridgehead atoms. The molecular weight excluding hydrogens is 238 g/mol. The Hall–Kier alpha value is -2.62. The number of pyridine rings is 1. The molecule has 0 amide bonds. The van der Waals surface area contributed by atoms with E-state index in [2.05, 4.69) is 4.98 Å². The van der Waals surface area contributed by atoms with Crippen LogP contribution < -0.4 is 4.90 Å². The van der Waals surface area contributed by atoms with E-state index in [-0.39, 0.29) is 0 Å². The van der Waals surface area contributed by atoms with Gasteiger partial charge in [-0.15, -0.1) is 0 Å². The average molecular weight is 251 g/mol. The number of carbonyl (C=O) groups excluding carboxylic acids is 1. The number of aldehydes is 1. The standard InChI is InChI=1S/C15H13N3O/c1-17(12-7-3-2-4-8-12)15-13(11-19)18-10-6-5-9-14(18)16-15/h2-11H,1H3. The van der Waals surface area contributed by atoms with E-state index in [0.717, 1.165) is 17.6 Å². The van der Waals surface area contributed by atoms with E-state index in [1.54, 1.807) is 4.40 Å². The normalized spacial score (nSPS) is 10.6. The zero-order valence-corrected chi connectivity index (χ0v) is 10.5. The van der Waals surface area contributed by atoms with Crippen LogP contribution in [0.2, 0.25) is 0 Å². The highest BCUT2D eigenvalue weighted by Crippen LogP contribution is 2.25. The van der Waals surface area contributed by atoms with Gasteiger partial charge in [-0.3, -0.25) is 9.20 Å². The quantitative estimate of drug-likeness (QED) is 0.672. The number of nitrogens with zero attached hydrogens (tertiary/aromatic N) is 3. The van der Waals surface area contributed by atoms with E-state index in [4.69, 9.17) is 0 Å². The zero-order chi connectivity index (χ0) is 13.2. The average Bonchev–Trinajstić information content (AvgIpc) is 2.85. The number of rotatable bonds is 3. The predicted molar refractivity (Wildman–Crippen MR) is 75.1 cm³/mol. The molecule has 4 heteroatoms. The number of fused-ring (bicyclic) bond motifs is 1. The Morgan fingerprint density at radius 2 is 1.84 bits per heavy atom. The second-order valence-electron chi connectivity index (χ2n) is 4.26. The SMILES string of the molecule is CN(c1ccccc1)c1nc2ccccn2c1C=O. The van der Waals surface area contributed by atoms with E-state index in [1.165, 1.54) is 0 Å². The van der Waals surface area contributed by atoms with Crippen LogP contribution in [-0.2, 0) is 0 Å². The number of aromatic nitrogens is 2. The lowest BCUT2D eigenvalue weighted by atomic mass is 10.3. The Bertz CT molecular complexity index is 719. The summed E-state index contributed by atoms with van der Waals surface area (Å²) >= 11 is 0. The minimum Gasteiger partial charge on any atom is -0.328 e. The minimum absolute atomic E-state index is 0.557. The molecule has 0 spiro atoms. The molecule has 0 aliphatic carbocycles. The summed E-state index contributed by atoms with van der Waals surface area (Å²) in [7, 11) is 1.91. The Labute approximate surface area is 110 Å². The molecular formula is C15H13N3O. The van der Waals surface area contributed by atoms with Crippen molar-refractivity contribution in [3.05, 3.63) is 60.4 Å². The van der Waals surface area contributed by atoms with Crippen molar-refractivity contribution in [2.24, 2.45) is 0 Å². The van der Waals surface area contributed by atoms with Crippen LogP contribution in [0, 0.1) is 0 Å². The molecule has 0 aliphatic heterocycles. The molecule has 0 unspecified atom stereocenters. The van der Waals surface area contributed by atoms with Gasteiger partial charge in [0.2, 0.25) is 0 Å². The van der Waals surface area contributed by atoms with Gasteiger partial charge in [0, 0.05) is 18.9 Å². The van der Waals surface area contributed by atoms with Gasteiger partial charge in [0.1, 0.15) is 11.3 Å². The zero-order valence-electron chi connectivity index (χ0n) is 10.5. The molecule has 2 heterocycles. The monoisotopic (exact) mass is 251 g/mol. The van der Waals surface area contributed by atoms with E-state index in [9.17, 15) is 4.79 Å². The molecule has 0 N–H and O–H groups in total. The lowest BCUT2D eigenvalue weighted by Gasteiger charge is -2.16. The van der Waals surface area contributed by atoms with Crippen molar-refractivity contribution in [3.63, 3.8) is 0 Å². The first-order chi connectivity index (χ1) is 9.31. The van der Waals surface area contributed by atoms with Crippen molar-refractivity contribution >= 4 is 23.4 Å². The van der Waals surface area contributed by atoms with Crippen molar-refractivity contribution in [2.75, 3.05) is 11.9 Å². The fourth-order valence-corrected chi connectivity index (χ4v) is 2.13. The van der Waals surface area contributed by atoms with Gasteiger partial charge < -0.3 is 4.90 Å². The summed E-state index contributed by atoms with van der Waals surface area (Å²) < 4.78 is 1.79. The highest BCUT2D eigenvalue weighted by molar-refractivity contribution is 5.85. The highest BCUT2D eigenvalue weighted by Gasteiger charge is 2.15. The molecule has 0 saturated carbocycles. The third-order valence-electron chi connectivity index (χ3n) is 3.12. The molecule has 0 aliphatic rings. The summed E-state index contributed by atoms with van der Waals surface area (Å²) in [6, 6.07) is 15.5. The smallest absolute Gasteiger partial charge is 0.170 e. The molecule has 3 rings (SSSR count). The van der Waals surface area contributed by atoms with Crippen molar-refractivity contribution in [1.82, 2.24) is 9.38 Å². The summed E-state index contributed by atoms with van der Waals surface area (Å²) in [5.74, 6) is 0.660. The molecule has 1 aromatic carbocycles. The van der Waals surface area contributed by atoms with Crippen molar-refractivity contribution < 1.29 is 4.79 Å².